The maximum Gasteiger partial charge on any atom is 0.0705 e. The molecule has 3 rings (SSSR count). The zero-order chi connectivity index (χ0) is 14.8. The molecular weight excluding hydrogens is 256 g/mol. The molecule has 1 atom stereocenters. The number of hydrogen-bond acceptors (Lipinski definition) is 2. The highest BCUT2D eigenvalue weighted by molar-refractivity contribution is 5.83. The summed E-state index contributed by atoms with van der Waals surface area (Å²) in [7, 11) is 2.02. The van der Waals surface area contributed by atoms with E-state index in [0.29, 0.717) is 0 Å². The Morgan fingerprint density at radius 3 is 2.48 bits per heavy atom. The van der Waals surface area contributed by atoms with Gasteiger partial charge in [-0.1, -0.05) is 36.4 Å². The summed E-state index contributed by atoms with van der Waals surface area (Å²) in [5.41, 5.74) is 6.31. The number of nitrogens with one attached hydrogen (secondary N) is 1. The summed E-state index contributed by atoms with van der Waals surface area (Å²) in [4.78, 5) is 4.46. The summed E-state index contributed by atoms with van der Waals surface area (Å²) in [6, 6.07) is 17.2. The van der Waals surface area contributed by atoms with Gasteiger partial charge in [0.05, 0.1) is 11.6 Å². The number of rotatable bonds is 3. The first-order chi connectivity index (χ1) is 10.2. The van der Waals surface area contributed by atoms with Crippen molar-refractivity contribution in [3.63, 3.8) is 0 Å². The molecule has 3 aromatic rings. The minimum atomic E-state index is 0.179. The van der Waals surface area contributed by atoms with Crippen LogP contribution in [0.4, 0.5) is 0 Å². The fourth-order valence-corrected chi connectivity index (χ4v) is 2.94. The Hall–Kier alpha value is -2.19. The second-order valence-electron chi connectivity index (χ2n) is 5.43. The number of hydrogen-bond donors (Lipinski definition) is 1. The maximum atomic E-state index is 4.46. The average molecular weight is 276 g/mol. The molecule has 0 aliphatic rings. The van der Waals surface area contributed by atoms with Gasteiger partial charge in [0, 0.05) is 11.6 Å². The lowest BCUT2D eigenvalue weighted by molar-refractivity contribution is 0.691. The molecule has 0 fully saturated rings. The molecule has 0 bridgehead atoms. The third kappa shape index (κ3) is 2.43. The molecule has 0 amide bonds. The summed E-state index contributed by atoms with van der Waals surface area (Å²) >= 11 is 0. The Balaban J connectivity index is 2.21. The molecule has 2 nitrogen and oxygen atoms in total. The molecule has 1 N–H and O–H groups in total. The first kappa shape index (κ1) is 13.8. The molecule has 0 radical (unpaired) electrons. The fraction of sp³-hybridized carbons (Fsp3) is 0.211. The standard InChI is InChI=1S/C19H20N2/c1-13-7-4-8-15(14(13)2)19(20-3)17-9-5-11-18-16(17)10-6-12-21-18/h4-12,19-20H,1-3H3. The number of nitrogens with zero attached hydrogens (tertiary/aromatic N) is 1. The number of aryl methyl sites for hydroxylation is 1. The van der Waals surface area contributed by atoms with E-state index >= 15 is 0 Å². The van der Waals surface area contributed by atoms with E-state index in [4.69, 9.17) is 0 Å². The summed E-state index contributed by atoms with van der Waals surface area (Å²) in [5.74, 6) is 0. The predicted molar refractivity (Wildman–Crippen MR) is 88.6 cm³/mol. The van der Waals surface area contributed by atoms with Crippen LogP contribution in [0.5, 0.6) is 0 Å². The molecule has 2 aromatic carbocycles. The largest absolute Gasteiger partial charge is 0.309 e. The van der Waals surface area contributed by atoms with Crippen molar-refractivity contribution in [3.8, 4) is 0 Å². The van der Waals surface area contributed by atoms with E-state index in [1.807, 2.05) is 19.3 Å². The van der Waals surface area contributed by atoms with Crippen molar-refractivity contribution < 1.29 is 0 Å². The number of pyridine rings is 1. The molecule has 0 aliphatic heterocycles. The molecule has 1 aromatic heterocycles. The van der Waals surface area contributed by atoms with Gasteiger partial charge in [-0.25, -0.2) is 0 Å². The first-order valence-corrected chi connectivity index (χ1v) is 7.29. The molecule has 1 heterocycles. The Bertz CT molecular complexity index is 772. The van der Waals surface area contributed by atoms with E-state index in [9.17, 15) is 0 Å². The minimum Gasteiger partial charge on any atom is -0.309 e. The highest BCUT2D eigenvalue weighted by atomic mass is 14.9. The van der Waals surface area contributed by atoms with Crippen LogP contribution < -0.4 is 5.32 Å². The van der Waals surface area contributed by atoms with Crippen molar-refractivity contribution in [1.29, 1.82) is 0 Å². The van der Waals surface area contributed by atoms with E-state index < -0.39 is 0 Å². The number of aromatic nitrogens is 1. The molecule has 1 unspecified atom stereocenters. The SMILES string of the molecule is CNC(c1cccc(C)c1C)c1cccc2ncccc12. The van der Waals surface area contributed by atoms with Crippen molar-refractivity contribution in [2.45, 2.75) is 19.9 Å². The lowest BCUT2D eigenvalue weighted by Crippen LogP contribution is -2.19. The highest BCUT2D eigenvalue weighted by Crippen LogP contribution is 2.30. The van der Waals surface area contributed by atoms with Crippen LogP contribution >= 0.6 is 0 Å². The molecule has 106 valence electrons. The topological polar surface area (TPSA) is 24.9 Å². The van der Waals surface area contributed by atoms with Crippen molar-refractivity contribution >= 4 is 10.9 Å². The summed E-state index contributed by atoms with van der Waals surface area (Å²) in [6.07, 6.45) is 1.85. The minimum absolute atomic E-state index is 0.179. The molecule has 0 aliphatic carbocycles. The molecule has 0 saturated carbocycles. The third-order valence-electron chi connectivity index (χ3n) is 4.24. The van der Waals surface area contributed by atoms with Crippen LogP contribution in [0.1, 0.15) is 28.3 Å². The highest BCUT2D eigenvalue weighted by Gasteiger charge is 2.17. The molecule has 2 heteroatoms. The number of benzene rings is 2. The summed E-state index contributed by atoms with van der Waals surface area (Å²) in [6.45, 7) is 4.36. The van der Waals surface area contributed by atoms with E-state index in [0.717, 1.165) is 5.52 Å². The second-order valence-corrected chi connectivity index (χ2v) is 5.43. The summed E-state index contributed by atoms with van der Waals surface area (Å²) < 4.78 is 0. The van der Waals surface area contributed by atoms with Crippen LogP contribution in [0.2, 0.25) is 0 Å². The van der Waals surface area contributed by atoms with Crippen LogP contribution in [-0.4, -0.2) is 12.0 Å². The average Bonchev–Trinajstić information content (AvgIpc) is 2.52. The van der Waals surface area contributed by atoms with Gasteiger partial charge < -0.3 is 5.32 Å². The van der Waals surface area contributed by atoms with Gasteiger partial charge in [0.2, 0.25) is 0 Å². The molecular formula is C19H20N2. The zero-order valence-corrected chi connectivity index (χ0v) is 12.7. The quantitative estimate of drug-likeness (QED) is 0.777. The third-order valence-corrected chi connectivity index (χ3v) is 4.24. The van der Waals surface area contributed by atoms with Gasteiger partial charge in [-0.05, 0) is 55.3 Å². The lowest BCUT2D eigenvalue weighted by Gasteiger charge is -2.22. The van der Waals surface area contributed by atoms with Gasteiger partial charge in [-0.3, -0.25) is 4.98 Å². The second kappa shape index (κ2) is 5.66. The monoisotopic (exact) mass is 276 g/mol. The number of fused-ring (bicyclic) bond motifs is 1. The smallest absolute Gasteiger partial charge is 0.0705 e. The van der Waals surface area contributed by atoms with Crippen molar-refractivity contribution in [2.75, 3.05) is 7.05 Å². The Morgan fingerprint density at radius 1 is 0.905 bits per heavy atom. The fourth-order valence-electron chi connectivity index (χ4n) is 2.94. The van der Waals surface area contributed by atoms with Crippen molar-refractivity contribution in [3.05, 3.63) is 77.0 Å². The summed E-state index contributed by atoms with van der Waals surface area (Å²) in [5, 5.41) is 4.68. The van der Waals surface area contributed by atoms with Crippen LogP contribution in [0, 0.1) is 13.8 Å². The first-order valence-electron chi connectivity index (χ1n) is 7.29. The van der Waals surface area contributed by atoms with Gasteiger partial charge in [-0.2, -0.15) is 0 Å². The molecule has 21 heavy (non-hydrogen) atoms. The van der Waals surface area contributed by atoms with Gasteiger partial charge in [-0.15, -0.1) is 0 Å². The van der Waals surface area contributed by atoms with Crippen LogP contribution in [0.15, 0.2) is 54.7 Å². The van der Waals surface area contributed by atoms with Gasteiger partial charge in [0.15, 0.2) is 0 Å². The van der Waals surface area contributed by atoms with Gasteiger partial charge >= 0.3 is 0 Å². The van der Waals surface area contributed by atoms with E-state index in [1.165, 1.54) is 27.6 Å². The zero-order valence-electron chi connectivity index (χ0n) is 12.7. The van der Waals surface area contributed by atoms with E-state index in [-0.39, 0.29) is 6.04 Å². The lowest BCUT2D eigenvalue weighted by atomic mass is 9.91. The van der Waals surface area contributed by atoms with Crippen molar-refractivity contribution in [1.82, 2.24) is 10.3 Å². The van der Waals surface area contributed by atoms with Crippen LogP contribution in [0.3, 0.4) is 0 Å². The van der Waals surface area contributed by atoms with Gasteiger partial charge in [0.25, 0.3) is 0 Å². The van der Waals surface area contributed by atoms with Crippen molar-refractivity contribution in [2.24, 2.45) is 0 Å². The van der Waals surface area contributed by atoms with Gasteiger partial charge in [0.1, 0.15) is 0 Å². The maximum absolute atomic E-state index is 4.46. The van der Waals surface area contributed by atoms with Crippen LogP contribution in [-0.2, 0) is 0 Å². The predicted octanol–water partition coefficient (Wildman–Crippen LogP) is 4.16. The van der Waals surface area contributed by atoms with E-state index in [2.05, 4.69) is 66.6 Å². The normalized spacial score (nSPS) is 12.5. The Labute approximate surface area is 125 Å². The van der Waals surface area contributed by atoms with E-state index in [1.54, 1.807) is 0 Å². The Morgan fingerprint density at radius 2 is 1.67 bits per heavy atom. The van der Waals surface area contributed by atoms with Crippen LogP contribution in [0.25, 0.3) is 10.9 Å². The molecule has 0 spiro atoms. The molecule has 0 saturated heterocycles. The Kier molecular flexibility index (Phi) is 3.72.